The Labute approximate surface area is 198 Å². The standard InChI is InChI=1S/C23H19N5O3S2/c1-29-16-8-5-7-15(13-16)21-24-20(31-27-21)14-33-23-26-25-22(19-11-6-12-32-19)28(23)17-9-3-4-10-18(17)30-2/h3-13H,14H2,1-2H3. The predicted octanol–water partition coefficient (Wildman–Crippen LogP) is 5.36. The van der Waals surface area contributed by atoms with Gasteiger partial charge in [0.15, 0.2) is 11.0 Å². The summed E-state index contributed by atoms with van der Waals surface area (Å²) in [7, 11) is 3.28. The fourth-order valence-electron chi connectivity index (χ4n) is 3.28. The number of thiophene rings is 1. The van der Waals surface area contributed by atoms with Crippen LogP contribution in [0.15, 0.2) is 75.7 Å². The third kappa shape index (κ3) is 4.35. The van der Waals surface area contributed by atoms with Gasteiger partial charge in [0, 0.05) is 5.56 Å². The first-order valence-corrected chi connectivity index (χ1v) is 11.9. The molecule has 10 heteroatoms. The molecule has 3 heterocycles. The lowest BCUT2D eigenvalue weighted by molar-refractivity contribution is 0.391. The molecule has 0 aliphatic heterocycles. The summed E-state index contributed by atoms with van der Waals surface area (Å²) in [6.07, 6.45) is 0. The summed E-state index contributed by atoms with van der Waals surface area (Å²) in [5, 5.41) is 15.7. The molecular formula is C23H19N5O3S2. The summed E-state index contributed by atoms with van der Waals surface area (Å²) in [6, 6.07) is 19.4. The van der Waals surface area contributed by atoms with E-state index in [9.17, 15) is 0 Å². The van der Waals surface area contributed by atoms with Gasteiger partial charge in [-0.25, -0.2) is 0 Å². The van der Waals surface area contributed by atoms with Crippen LogP contribution in [0.2, 0.25) is 0 Å². The van der Waals surface area contributed by atoms with Crippen LogP contribution in [0.4, 0.5) is 0 Å². The second-order valence-electron chi connectivity index (χ2n) is 6.82. The van der Waals surface area contributed by atoms with E-state index >= 15 is 0 Å². The molecule has 0 bridgehead atoms. The average Bonchev–Trinajstić information content (AvgIpc) is 3.63. The first-order chi connectivity index (χ1) is 16.3. The topological polar surface area (TPSA) is 88.1 Å². The molecule has 0 unspecified atom stereocenters. The van der Waals surface area contributed by atoms with Gasteiger partial charge in [-0.2, -0.15) is 4.98 Å². The molecule has 0 N–H and O–H groups in total. The molecule has 0 fully saturated rings. The summed E-state index contributed by atoms with van der Waals surface area (Å²) in [5.74, 6) is 3.66. The molecule has 0 radical (unpaired) electrons. The number of aromatic nitrogens is 5. The van der Waals surface area contributed by atoms with Gasteiger partial charge in [0.1, 0.15) is 11.5 Å². The van der Waals surface area contributed by atoms with Crippen molar-refractivity contribution in [1.29, 1.82) is 0 Å². The fourth-order valence-corrected chi connectivity index (χ4v) is 4.76. The molecule has 2 aromatic carbocycles. The van der Waals surface area contributed by atoms with Crippen molar-refractivity contribution in [3.05, 3.63) is 71.9 Å². The lowest BCUT2D eigenvalue weighted by atomic mass is 10.2. The quantitative estimate of drug-likeness (QED) is 0.276. The Morgan fingerprint density at radius 3 is 2.73 bits per heavy atom. The highest BCUT2D eigenvalue weighted by molar-refractivity contribution is 7.98. The number of thioether (sulfide) groups is 1. The molecule has 33 heavy (non-hydrogen) atoms. The number of benzene rings is 2. The zero-order valence-electron chi connectivity index (χ0n) is 17.8. The Morgan fingerprint density at radius 1 is 1.00 bits per heavy atom. The Kier molecular flexibility index (Phi) is 6.09. The van der Waals surface area contributed by atoms with Gasteiger partial charge in [0.2, 0.25) is 11.7 Å². The van der Waals surface area contributed by atoms with Crippen molar-refractivity contribution in [3.63, 3.8) is 0 Å². The molecule has 8 nitrogen and oxygen atoms in total. The lowest BCUT2D eigenvalue weighted by Crippen LogP contribution is -2.01. The van der Waals surface area contributed by atoms with E-state index in [0.29, 0.717) is 22.6 Å². The van der Waals surface area contributed by atoms with Crippen LogP contribution in [-0.4, -0.2) is 39.1 Å². The molecule has 0 atom stereocenters. The van der Waals surface area contributed by atoms with Crippen LogP contribution < -0.4 is 9.47 Å². The Morgan fingerprint density at radius 2 is 1.91 bits per heavy atom. The van der Waals surface area contributed by atoms with Crippen LogP contribution in [0.25, 0.3) is 27.8 Å². The van der Waals surface area contributed by atoms with Gasteiger partial charge >= 0.3 is 0 Å². The maximum absolute atomic E-state index is 5.60. The molecular weight excluding hydrogens is 458 g/mol. The maximum Gasteiger partial charge on any atom is 0.237 e. The molecule has 0 spiro atoms. The van der Waals surface area contributed by atoms with Gasteiger partial charge in [-0.1, -0.05) is 47.3 Å². The fraction of sp³-hybridized carbons (Fsp3) is 0.130. The summed E-state index contributed by atoms with van der Waals surface area (Å²) >= 11 is 3.07. The second-order valence-corrected chi connectivity index (χ2v) is 8.71. The first-order valence-electron chi connectivity index (χ1n) is 9.99. The largest absolute Gasteiger partial charge is 0.497 e. The van der Waals surface area contributed by atoms with Crippen molar-refractivity contribution in [2.24, 2.45) is 0 Å². The van der Waals surface area contributed by atoms with E-state index in [4.69, 9.17) is 14.0 Å². The Hall–Kier alpha value is -3.63. The van der Waals surface area contributed by atoms with Crippen molar-refractivity contribution >= 4 is 23.1 Å². The van der Waals surface area contributed by atoms with E-state index in [1.165, 1.54) is 11.8 Å². The number of hydrogen-bond donors (Lipinski definition) is 0. The summed E-state index contributed by atoms with van der Waals surface area (Å²) in [5.41, 5.74) is 1.69. The van der Waals surface area contributed by atoms with E-state index in [-0.39, 0.29) is 0 Å². The molecule has 5 aromatic rings. The molecule has 0 amide bonds. The van der Waals surface area contributed by atoms with Crippen molar-refractivity contribution in [2.75, 3.05) is 14.2 Å². The number of ether oxygens (including phenoxy) is 2. The van der Waals surface area contributed by atoms with Crippen molar-refractivity contribution in [2.45, 2.75) is 10.9 Å². The SMILES string of the molecule is COc1cccc(-c2noc(CSc3nnc(-c4cccs4)n3-c3ccccc3OC)n2)c1. The minimum atomic E-state index is 0.439. The van der Waals surface area contributed by atoms with Crippen LogP contribution in [0.3, 0.4) is 0 Å². The lowest BCUT2D eigenvalue weighted by Gasteiger charge is -2.12. The van der Waals surface area contributed by atoms with E-state index in [0.717, 1.165) is 33.5 Å². The Bertz CT molecular complexity index is 1360. The average molecular weight is 478 g/mol. The summed E-state index contributed by atoms with van der Waals surface area (Å²) < 4.78 is 18.4. The monoisotopic (exact) mass is 477 g/mol. The zero-order valence-corrected chi connectivity index (χ0v) is 19.5. The van der Waals surface area contributed by atoms with E-state index in [2.05, 4.69) is 20.3 Å². The molecule has 3 aromatic heterocycles. The van der Waals surface area contributed by atoms with Gasteiger partial charge in [-0.15, -0.1) is 21.5 Å². The summed E-state index contributed by atoms with van der Waals surface area (Å²) in [6.45, 7) is 0. The smallest absolute Gasteiger partial charge is 0.237 e. The van der Waals surface area contributed by atoms with E-state index < -0.39 is 0 Å². The van der Waals surface area contributed by atoms with Crippen molar-refractivity contribution in [3.8, 4) is 39.3 Å². The number of hydrogen-bond acceptors (Lipinski definition) is 9. The number of rotatable bonds is 8. The van der Waals surface area contributed by atoms with Crippen LogP contribution >= 0.6 is 23.1 Å². The third-order valence-corrected chi connectivity index (χ3v) is 6.60. The predicted molar refractivity (Wildman–Crippen MR) is 127 cm³/mol. The van der Waals surface area contributed by atoms with Crippen LogP contribution in [0.5, 0.6) is 11.5 Å². The molecule has 166 valence electrons. The van der Waals surface area contributed by atoms with Gasteiger partial charge in [-0.05, 0) is 35.7 Å². The second kappa shape index (κ2) is 9.47. The minimum Gasteiger partial charge on any atom is -0.497 e. The molecule has 0 saturated carbocycles. The van der Waals surface area contributed by atoms with Gasteiger partial charge in [-0.3, -0.25) is 4.57 Å². The highest BCUT2D eigenvalue weighted by atomic mass is 32.2. The number of para-hydroxylation sites is 2. The molecule has 0 aliphatic carbocycles. The third-order valence-electron chi connectivity index (χ3n) is 4.82. The van der Waals surface area contributed by atoms with Crippen LogP contribution in [0, 0.1) is 0 Å². The molecule has 0 aliphatic rings. The normalized spacial score (nSPS) is 11.0. The number of nitrogens with zero attached hydrogens (tertiary/aromatic N) is 5. The van der Waals surface area contributed by atoms with E-state index in [1.807, 2.05) is 70.6 Å². The highest BCUT2D eigenvalue weighted by Gasteiger charge is 2.20. The first kappa shape index (κ1) is 21.2. The Balaban J connectivity index is 1.44. The molecule has 5 rings (SSSR count). The highest BCUT2D eigenvalue weighted by Crippen LogP contribution is 2.35. The van der Waals surface area contributed by atoms with Crippen LogP contribution in [-0.2, 0) is 5.75 Å². The van der Waals surface area contributed by atoms with Gasteiger partial charge in [0.25, 0.3) is 0 Å². The number of methoxy groups -OCH3 is 2. The van der Waals surface area contributed by atoms with Crippen LogP contribution in [0.1, 0.15) is 5.89 Å². The van der Waals surface area contributed by atoms with Gasteiger partial charge in [0.05, 0.1) is 30.5 Å². The summed E-state index contributed by atoms with van der Waals surface area (Å²) in [4.78, 5) is 5.54. The van der Waals surface area contributed by atoms with Crippen molar-refractivity contribution in [1.82, 2.24) is 24.9 Å². The minimum absolute atomic E-state index is 0.439. The zero-order chi connectivity index (χ0) is 22.6. The van der Waals surface area contributed by atoms with Crippen molar-refractivity contribution < 1.29 is 14.0 Å². The molecule has 0 saturated heterocycles. The maximum atomic E-state index is 5.60. The van der Waals surface area contributed by atoms with E-state index in [1.54, 1.807) is 25.6 Å². The van der Waals surface area contributed by atoms with Gasteiger partial charge < -0.3 is 14.0 Å².